The Labute approximate surface area is 330 Å². The summed E-state index contributed by atoms with van der Waals surface area (Å²) >= 11 is 18.5. The largest absolute Gasteiger partial charge is 0.493 e. The van der Waals surface area contributed by atoms with Gasteiger partial charge >= 0.3 is 11.7 Å². The zero-order chi connectivity index (χ0) is 39.3. The molecule has 1 saturated heterocycles. The lowest BCUT2D eigenvalue weighted by Crippen LogP contribution is -2.57. The van der Waals surface area contributed by atoms with E-state index < -0.39 is 23.1 Å². The van der Waals surface area contributed by atoms with Crippen LogP contribution in [0.25, 0.3) is 17.2 Å². The fraction of sp³-hybridized carbons (Fsp3) is 0.150. The van der Waals surface area contributed by atoms with Crippen LogP contribution in [0.1, 0.15) is 22.3 Å². The molecule has 55 heavy (non-hydrogen) atoms. The molecule has 1 aliphatic rings. The van der Waals surface area contributed by atoms with E-state index in [0.717, 1.165) is 15.7 Å². The van der Waals surface area contributed by atoms with Crippen LogP contribution in [-0.2, 0) is 30.2 Å². The number of aromatic nitrogens is 4. The van der Waals surface area contributed by atoms with Gasteiger partial charge in [-0.2, -0.15) is 4.98 Å². The van der Waals surface area contributed by atoms with Gasteiger partial charge in [-0.05, 0) is 103 Å². The van der Waals surface area contributed by atoms with E-state index >= 15 is 0 Å². The molecule has 0 bridgehead atoms. The minimum absolute atomic E-state index is 0.0260. The first-order chi connectivity index (χ1) is 26.3. The lowest BCUT2D eigenvalue weighted by Gasteiger charge is -2.36. The van der Waals surface area contributed by atoms with E-state index in [1.807, 2.05) is 32.0 Å². The highest BCUT2D eigenvalue weighted by molar-refractivity contribution is 7.81. The Hall–Kier alpha value is -6.02. The maximum absolute atomic E-state index is 14.2. The normalized spacial score (nSPS) is 14.0. The molecule has 0 unspecified atom stereocenters. The minimum atomic E-state index is -0.595. The number of fused-ring (bicyclic) bond motifs is 1. The first-order valence-corrected chi connectivity index (χ1v) is 18.0. The first-order valence-electron chi connectivity index (χ1n) is 16.8. The van der Waals surface area contributed by atoms with Gasteiger partial charge in [-0.15, -0.1) is 0 Å². The molecule has 1 fully saturated rings. The number of anilines is 2. The number of halogens is 2. The zero-order valence-electron chi connectivity index (χ0n) is 30.2. The lowest BCUT2D eigenvalue weighted by molar-refractivity contribution is -0.120. The predicted octanol–water partition coefficient (Wildman–Crippen LogP) is 6.95. The summed E-state index contributed by atoms with van der Waals surface area (Å²) in [6, 6.07) is 24.2. The number of carbonyl (C=O) groups excluding carboxylic acids is 2. The summed E-state index contributed by atoms with van der Waals surface area (Å²) in [6.07, 6.45) is 1.47. The summed E-state index contributed by atoms with van der Waals surface area (Å²) in [5, 5.41) is 0.813. The Bertz CT molecular complexity index is 2740. The molecule has 6 aromatic rings. The Balaban J connectivity index is 1.31. The molecular weight excluding hydrogens is 763 g/mol. The van der Waals surface area contributed by atoms with E-state index in [4.69, 9.17) is 44.9 Å². The molecule has 0 N–H and O–H groups in total. The molecule has 278 valence electrons. The highest BCUT2D eigenvalue weighted by Gasteiger charge is 2.41. The Morgan fingerprint density at radius 1 is 0.782 bits per heavy atom. The van der Waals surface area contributed by atoms with Crippen LogP contribution >= 0.6 is 35.4 Å². The van der Waals surface area contributed by atoms with Crippen molar-refractivity contribution in [3.05, 3.63) is 144 Å². The van der Waals surface area contributed by atoms with E-state index in [9.17, 15) is 19.2 Å². The van der Waals surface area contributed by atoms with Crippen molar-refractivity contribution in [2.24, 2.45) is 14.1 Å². The van der Waals surface area contributed by atoms with Gasteiger partial charge in [0.15, 0.2) is 27.8 Å². The summed E-state index contributed by atoms with van der Waals surface area (Å²) in [4.78, 5) is 61.9. The Morgan fingerprint density at radius 2 is 1.49 bits per heavy atom. The average molecular weight is 796 g/mol. The lowest BCUT2D eigenvalue weighted by atomic mass is 10.0. The summed E-state index contributed by atoms with van der Waals surface area (Å²) in [5.41, 5.74) is 2.99. The van der Waals surface area contributed by atoms with Crippen molar-refractivity contribution in [2.45, 2.75) is 20.4 Å². The number of aryl methyl sites for hydroxylation is 3. The van der Waals surface area contributed by atoms with Gasteiger partial charge in [0, 0.05) is 24.1 Å². The van der Waals surface area contributed by atoms with E-state index in [1.165, 1.54) is 46.2 Å². The Morgan fingerprint density at radius 3 is 2.16 bits per heavy atom. The number of rotatable bonds is 8. The maximum Gasteiger partial charge on any atom is 0.332 e. The second-order valence-corrected chi connectivity index (χ2v) is 14.0. The molecule has 15 heteroatoms. The predicted molar refractivity (Wildman–Crippen MR) is 217 cm³/mol. The van der Waals surface area contributed by atoms with Gasteiger partial charge in [0.25, 0.3) is 17.4 Å². The molecule has 2 amide bonds. The van der Waals surface area contributed by atoms with E-state index in [1.54, 1.807) is 66.7 Å². The number of methoxy groups -OCH3 is 1. The van der Waals surface area contributed by atoms with Crippen molar-refractivity contribution >= 4 is 81.0 Å². The molecule has 7 rings (SSSR count). The van der Waals surface area contributed by atoms with Gasteiger partial charge in [-0.1, -0.05) is 59.6 Å². The number of amides is 2. The fourth-order valence-electron chi connectivity index (χ4n) is 6.22. The van der Waals surface area contributed by atoms with E-state index in [2.05, 4.69) is 4.98 Å². The van der Waals surface area contributed by atoms with Crippen LogP contribution in [0.4, 0.5) is 11.4 Å². The molecule has 2 aromatic heterocycles. The van der Waals surface area contributed by atoms with Gasteiger partial charge in [-0.25, -0.2) is 4.79 Å². The van der Waals surface area contributed by atoms with Crippen LogP contribution in [0, 0.1) is 13.8 Å². The Kier molecular flexibility index (Phi) is 9.95. The van der Waals surface area contributed by atoms with Gasteiger partial charge in [0.2, 0.25) is 0 Å². The van der Waals surface area contributed by atoms with Gasteiger partial charge in [0.05, 0.1) is 25.0 Å². The number of benzene rings is 4. The van der Waals surface area contributed by atoms with Crippen molar-refractivity contribution in [3.8, 4) is 17.5 Å². The van der Waals surface area contributed by atoms with Gasteiger partial charge in [0.1, 0.15) is 5.57 Å². The fourth-order valence-corrected chi connectivity index (χ4v) is 7.07. The van der Waals surface area contributed by atoms with Crippen molar-refractivity contribution in [3.63, 3.8) is 0 Å². The molecule has 3 heterocycles. The van der Waals surface area contributed by atoms with Crippen LogP contribution in [0.5, 0.6) is 17.5 Å². The molecule has 0 spiro atoms. The third-order valence-electron chi connectivity index (χ3n) is 9.37. The van der Waals surface area contributed by atoms with Crippen LogP contribution in [-0.4, -0.2) is 42.7 Å². The number of imidazole rings is 1. The quantitative estimate of drug-likeness (QED) is 0.0923. The van der Waals surface area contributed by atoms with Crippen LogP contribution in [0.2, 0.25) is 10.0 Å². The monoisotopic (exact) mass is 794 g/mol. The van der Waals surface area contributed by atoms with Crippen LogP contribution in [0.15, 0.2) is 100 Å². The number of hydrogen-bond acceptors (Lipinski definition) is 8. The molecule has 4 aromatic carbocycles. The first kappa shape index (κ1) is 37.3. The van der Waals surface area contributed by atoms with Crippen molar-refractivity contribution < 1.29 is 19.1 Å². The second-order valence-electron chi connectivity index (χ2n) is 12.8. The molecule has 0 radical (unpaired) electrons. The SMILES string of the molecule is COc1cc(C=C2C(=O)N(c3ccccc3)C(=S)N(c3ccc(C)c(C)c3)C2=O)ccc1Oc1nc2c(c(=O)n(C)c(=O)n2C)n1Cc1ccc(Cl)cc1Cl. The minimum Gasteiger partial charge on any atom is -0.493 e. The van der Waals surface area contributed by atoms with Crippen molar-refractivity contribution in [1.82, 2.24) is 18.7 Å². The second kappa shape index (κ2) is 14.7. The molecule has 0 aliphatic carbocycles. The molecule has 0 atom stereocenters. The average Bonchev–Trinajstić information content (AvgIpc) is 3.52. The van der Waals surface area contributed by atoms with Crippen LogP contribution < -0.4 is 30.5 Å². The molecule has 12 nitrogen and oxygen atoms in total. The highest BCUT2D eigenvalue weighted by Crippen LogP contribution is 2.36. The van der Waals surface area contributed by atoms with E-state index in [0.29, 0.717) is 32.5 Å². The third kappa shape index (κ3) is 6.71. The summed E-state index contributed by atoms with van der Waals surface area (Å²) < 4.78 is 15.8. The van der Waals surface area contributed by atoms with Gasteiger partial charge in [-0.3, -0.25) is 37.9 Å². The summed E-state index contributed by atoms with van der Waals surface area (Å²) in [6.45, 7) is 3.95. The summed E-state index contributed by atoms with van der Waals surface area (Å²) in [5.74, 6) is -0.777. The highest BCUT2D eigenvalue weighted by atomic mass is 35.5. The molecule has 1 aliphatic heterocycles. The van der Waals surface area contributed by atoms with Crippen molar-refractivity contribution in [1.29, 1.82) is 0 Å². The number of ether oxygens (including phenoxy) is 2. The number of nitrogens with zero attached hydrogens (tertiary/aromatic N) is 6. The van der Waals surface area contributed by atoms with E-state index in [-0.39, 0.29) is 45.9 Å². The topological polar surface area (TPSA) is 121 Å². The number of thiocarbonyl (C=S) groups is 1. The smallest absolute Gasteiger partial charge is 0.332 e. The number of carbonyl (C=O) groups is 2. The van der Waals surface area contributed by atoms with Crippen molar-refractivity contribution in [2.75, 3.05) is 16.9 Å². The number of para-hydroxylation sites is 1. The molecule has 0 saturated carbocycles. The summed E-state index contributed by atoms with van der Waals surface area (Å²) in [7, 11) is 4.32. The van der Waals surface area contributed by atoms with Gasteiger partial charge < -0.3 is 9.47 Å². The van der Waals surface area contributed by atoms with Crippen LogP contribution in [0.3, 0.4) is 0 Å². The number of hydrogen-bond donors (Lipinski definition) is 0. The third-order valence-corrected chi connectivity index (χ3v) is 10.3. The maximum atomic E-state index is 14.2. The zero-order valence-corrected chi connectivity index (χ0v) is 32.5. The molecular formula is C40H32Cl2N6O6S. The standard InChI is InChI=1S/C40H32Cl2N6O6S/c1-22-11-15-28(17-23(22)2)48-36(50)29(35(49)47(40(48)55)27-9-7-6-8-10-27)18-24-12-16-31(32(19-24)53-5)54-38-43-34-33(37(51)45(4)39(52)44(34)3)46(38)21-25-13-14-26(41)20-30(25)42/h6-20H,21H2,1-5H3.